The maximum Gasteiger partial charge on any atom is 0.0668 e. The Bertz CT molecular complexity index is 1400. The molecule has 1 heterocycles. The number of hydrogen-bond acceptors (Lipinski definition) is 2. The molecule has 0 fully saturated rings. The van der Waals surface area contributed by atoms with E-state index < -0.39 is 0 Å². The summed E-state index contributed by atoms with van der Waals surface area (Å²) in [5.74, 6) is 0. The third-order valence-electron chi connectivity index (χ3n) is 6.85. The molecule has 0 amide bonds. The Morgan fingerprint density at radius 3 is 2.00 bits per heavy atom. The highest BCUT2D eigenvalue weighted by molar-refractivity contribution is 8.00. The molecule has 1 N–H and O–H groups in total. The van der Waals surface area contributed by atoms with E-state index in [9.17, 15) is 0 Å². The minimum absolute atomic E-state index is 0.323. The molecule has 0 radical (unpaired) electrons. The van der Waals surface area contributed by atoms with Crippen LogP contribution in [0.25, 0.3) is 23.3 Å². The number of fused-ring (bicyclic) bond motifs is 8. The molecule has 2 aromatic carbocycles. The zero-order chi connectivity index (χ0) is 20.4. The lowest BCUT2D eigenvalue weighted by molar-refractivity contribution is 0.697. The summed E-state index contributed by atoms with van der Waals surface area (Å²) in [5, 5.41) is 2.08. The fourth-order valence-electron chi connectivity index (χ4n) is 5.55. The average molecular weight is 414 g/mol. The summed E-state index contributed by atoms with van der Waals surface area (Å²) in [5.41, 5.74) is 12.8. The van der Waals surface area contributed by atoms with Gasteiger partial charge in [-0.25, -0.2) is 0 Å². The van der Waals surface area contributed by atoms with Gasteiger partial charge >= 0.3 is 0 Å². The SMILES string of the molecule is C1=CSNC(C2=CC=C3C(=Cc4ccccc43)C23C=CC=C2C3=Cc3ccccc32)=C1. The van der Waals surface area contributed by atoms with Crippen LogP contribution in [0.3, 0.4) is 0 Å². The Labute approximate surface area is 186 Å². The van der Waals surface area contributed by atoms with E-state index in [1.54, 1.807) is 11.9 Å². The standard InChI is InChI=1S/C29H19NS/c1-3-9-21-19(7-1)17-26-23(21)11-5-15-29(26)25(28-12-6-16-31-30-28)14-13-24-22-10-4-2-8-20(22)18-27(24)29/h1-18,30H. The molecule has 1 atom stereocenters. The molecule has 0 bridgehead atoms. The van der Waals surface area contributed by atoms with Gasteiger partial charge in [0.1, 0.15) is 0 Å². The van der Waals surface area contributed by atoms with Crippen molar-refractivity contribution in [3.8, 4) is 0 Å². The molecular formula is C29H19NS. The molecule has 0 aromatic heterocycles. The Kier molecular flexibility index (Phi) is 3.47. The molecule has 0 saturated heterocycles. The smallest absolute Gasteiger partial charge is 0.0668 e. The first-order chi connectivity index (χ1) is 15.4. The lowest BCUT2D eigenvalue weighted by atomic mass is 9.60. The molecule has 1 spiro atoms. The van der Waals surface area contributed by atoms with E-state index in [1.165, 1.54) is 55.8 Å². The summed E-state index contributed by atoms with van der Waals surface area (Å²) in [6.07, 6.45) is 20.7. The topological polar surface area (TPSA) is 12.0 Å². The van der Waals surface area contributed by atoms with E-state index in [0.29, 0.717) is 0 Å². The average Bonchev–Trinajstić information content (AvgIpc) is 3.40. The summed E-state index contributed by atoms with van der Waals surface area (Å²) in [6, 6.07) is 17.5. The minimum Gasteiger partial charge on any atom is -0.326 e. The predicted octanol–water partition coefficient (Wildman–Crippen LogP) is 7.09. The molecule has 1 aliphatic heterocycles. The van der Waals surface area contributed by atoms with Gasteiger partial charge in [-0.15, -0.1) is 0 Å². The van der Waals surface area contributed by atoms with Crippen molar-refractivity contribution in [2.24, 2.45) is 5.41 Å². The maximum absolute atomic E-state index is 3.55. The molecule has 4 aliphatic carbocycles. The Morgan fingerprint density at radius 1 is 0.645 bits per heavy atom. The highest BCUT2D eigenvalue weighted by Gasteiger charge is 2.49. The van der Waals surface area contributed by atoms with E-state index >= 15 is 0 Å². The van der Waals surface area contributed by atoms with Crippen molar-refractivity contribution >= 4 is 35.2 Å². The van der Waals surface area contributed by atoms with Gasteiger partial charge in [-0.3, -0.25) is 0 Å². The van der Waals surface area contributed by atoms with Gasteiger partial charge in [-0.05, 0) is 85.7 Å². The Hall–Kier alpha value is -3.49. The van der Waals surface area contributed by atoms with Gasteiger partial charge in [-0.1, -0.05) is 85.0 Å². The van der Waals surface area contributed by atoms with Crippen molar-refractivity contribution in [1.29, 1.82) is 0 Å². The molecule has 31 heavy (non-hydrogen) atoms. The van der Waals surface area contributed by atoms with Crippen LogP contribution >= 0.6 is 11.9 Å². The normalized spacial score (nSPS) is 24.0. The van der Waals surface area contributed by atoms with Crippen molar-refractivity contribution in [3.05, 3.63) is 141 Å². The molecule has 2 heteroatoms. The Balaban J connectivity index is 1.52. The van der Waals surface area contributed by atoms with E-state index in [0.717, 1.165) is 0 Å². The summed E-state index contributed by atoms with van der Waals surface area (Å²) in [4.78, 5) is 0. The monoisotopic (exact) mass is 413 g/mol. The zero-order valence-corrected chi connectivity index (χ0v) is 17.6. The number of rotatable bonds is 1. The quantitative estimate of drug-likeness (QED) is 0.501. The summed E-state index contributed by atoms with van der Waals surface area (Å²) >= 11 is 1.63. The molecule has 5 aliphatic rings. The van der Waals surface area contributed by atoms with Gasteiger partial charge in [0.15, 0.2) is 0 Å². The molecule has 0 saturated carbocycles. The van der Waals surface area contributed by atoms with E-state index in [4.69, 9.17) is 0 Å². The number of hydrogen-bond donors (Lipinski definition) is 1. The zero-order valence-electron chi connectivity index (χ0n) is 16.8. The van der Waals surface area contributed by atoms with Crippen molar-refractivity contribution in [2.45, 2.75) is 0 Å². The first kappa shape index (κ1) is 17.2. The lowest BCUT2D eigenvalue weighted by Crippen LogP contribution is -2.32. The van der Waals surface area contributed by atoms with Gasteiger partial charge in [0.05, 0.1) is 5.41 Å². The summed E-state index contributed by atoms with van der Waals surface area (Å²) in [6.45, 7) is 0. The van der Waals surface area contributed by atoms with E-state index in [2.05, 4.69) is 113 Å². The van der Waals surface area contributed by atoms with Crippen LogP contribution in [0.4, 0.5) is 0 Å². The van der Waals surface area contributed by atoms with Crippen molar-refractivity contribution in [3.63, 3.8) is 0 Å². The lowest BCUT2D eigenvalue weighted by Gasteiger charge is -2.42. The molecule has 2 aromatic rings. The van der Waals surface area contributed by atoms with Crippen LogP contribution < -0.4 is 4.72 Å². The van der Waals surface area contributed by atoms with Crippen LogP contribution in [0.15, 0.2) is 119 Å². The minimum atomic E-state index is -0.323. The van der Waals surface area contributed by atoms with Gasteiger partial charge in [-0.2, -0.15) is 0 Å². The highest BCUT2D eigenvalue weighted by atomic mass is 32.2. The largest absolute Gasteiger partial charge is 0.326 e. The first-order valence-corrected chi connectivity index (χ1v) is 11.5. The third-order valence-corrected chi connectivity index (χ3v) is 7.48. The first-order valence-electron chi connectivity index (χ1n) is 10.6. The van der Waals surface area contributed by atoms with Gasteiger partial charge in [0.2, 0.25) is 0 Å². The van der Waals surface area contributed by atoms with E-state index in [-0.39, 0.29) is 5.41 Å². The maximum atomic E-state index is 3.55. The predicted molar refractivity (Wildman–Crippen MR) is 132 cm³/mol. The summed E-state index contributed by atoms with van der Waals surface area (Å²) < 4.78 is 3.55. The van der Waals surface area contributed by atoms with Crippen LogP contribution in [-0.4, -0.2) is 0 Å². The van der Waals surface area contributed by atoms with Gasteiger partial charge in [0.25, 0.3) is 0 Å². The van der Waals surface area contributed by atoms with Crippen LogP contribution in [0.2, 0.25) is 0 Å². The second-order valence-corrected chi connectivity index (χ2v) is 9.04. The summed E-state index contributed by atoms with van der Waals surface area (Å²) in [7, 11) is 0. The Morgan fingerprint density at radius 2 is 1.32 bits per heavy atom. The molecule has 1 unspecified atom stereocenters. The fraction of sp³-hybridized carbons (Fsp3) is 0.0345. The molecular weight excluding hydrogens is 394 g/mol. The van der Waals surface area contributed by atoms with Crippen LogP contribution in [0.1, 0.15) is 22.3 Å². The highest BCUT2D eigenvalue weighted by Crippen LogP contribution is 2.62. The van der Waals surface area contributed by atoms with E-state index in [1.807, 2.05) is 0 Å². The second kappa shape index (κ2) is 6.26. The van der Waals surface area contributed by atoms with Crippen LogP contribution in [-0.2, 0) is 0 Å². The van der Waals surface area contributed by atoms with Crippen molar-refractivity contribution in [1.82, 2.24) is 4.72 Å². The third kappa shape index (κ3) is 2.23. The van der Waals surface area contributed by atoms with Crippen LogP contribution in [0.5, 0.6) is 0 Å². The number of benzene rings is 2. The molecule has 7 rings (SSSR count). The fourth-order valence-corrected chi connectivity index (χ4v) is 6.08. The second-order valence-electron chi connectivity index (χ2n) is 8.33. The number of allylic oxidation sites excluding steroid dienone is 12. The molecule has 146 valence electrons. The van der Waals surface area contributed by atoms with Crippen LogP contribution in [0, 0.1) is 5.41 Å². The number of nitrogens with one attached hydrogen (secondary N) is 1. The molecule has 1 nitrogen and oxygen atoms in total. The van der Waals surface area contributed by atoms with Crippen molar-refractivity contribution < 1.29 is 0 Å². The van der Waals surface area contributed by atoms with Gasteiger partial charge < -0.3 is 4.72 Å². The van der Waals surface area contributed by atoms with Gasteiger partial charge in [0, 0.05) is 5.70 Å². The van der Waals surface area contributed by atoms with Crippen molar-refractivity contribution in [2.75, 3.05) is 0 Å².